The van der Waals surface area contributed by atoms with Gasteiger partial charge in [-0.05, 0) is 55.8 Å². The Morgan fingerprint density at radius 2 is 0.724 bits per heavy atom. The van der Waals surface area contributed by atoms with Crippen LogP contribution in [0.15, 0.2) is 121 Å². The molecule has 0 aliphatic carbocycles. The van der Waals surface area contributed by atoms with Crippen molar-refractivity contribution in [3.63, 3.8) is 0 Å². The summed E-state index contributed by atoms with van der Waals surface area (Å²) in [7, 11) is -1.98. The van der Waals surface area contributed by atoms with Gasteiger partial charge in [-0.2, -0.15) is 0 Å². The summed E-state index contributed by atoms with van der Waals surface area (Å²) in [5.41, 5.74) is 1.37. The van der Waals surface area contributed by atoms with Gasteiger partial charge in [-0.1, -0.05) is 84.9 Å². The first-order chi connectivity index (χ1) is 13.7. The van der Waals surface area contributed by atoms with Crippen LogP contribution in [0.3, 0.4) is 0 Å². The highest BCUT2D eigenvalue weighted by Crippen LogP contribution is 2.69. The van der Waals surface area contributed by atoms with E-state index in [0.29, 0.717) is 0 Å². The maximum absolute atomic E-state index is 2.42. The largest absolute Gasteiger partial charge is 1.00 e. The third-order valence-corrected chi connectivity index (χ3v) is 10.9. The van der Waals surface area contributed by atoms with Gasteiger partial charge in [0.2, 0.25) is 0 Å². The zero-order valence-corrected chi connectivity index (χ0v) is 19.4. The molecule has 0 aliphatic rings. The van der Waals surface area contributed by atoms with E-state index in [1.807, 2.05) is 0 Å². The Labute approximate surface area is 185 Å². The minimum absolute atomic E-state index is 0. The first kappa shape index (κ1) is 21.5. The molecule has 146 valence electrons. The van der Waals surface area contributed by atoms with E-state index in [4.69, 9.17) is 0 Å². The van der Waals surface area contributed by atoms with E-state index in [2.05, 4.69) is 135 Å². The topological polar surface area (TPSA) is 0 Å². The molecule has 0 atom stereocenters. The van der Waals surface area contributed by atoms with Crippen LogP contribution in [0.25, 0.3) is 0 Å². The molecule has 0 bridgehead atoms. The van der Waals surface area contributed by atoms with Crippen LogP contribution in [0.4, 0.5) is 0 Å². The fraction of sp³-hybridized carbons (Fsp3) is 0.111. The highest BCUT2D eigenvalue weighted by Gasteiger charge is 2.58. The molecule has 4 aromatic carbocycles. The lowest BCUT2D eigenvalue weighted by Gasteiger charge is -2.41. The fourth-order valence-electron chi connectivity index (χ4n) is 4.41. The first-order valence-corrected chi connectivity index (χ1v) is 11.6. The van der Waals surface area contributed by atoms with Crippen molar-refractivity contribution >= 4 is 23.2 Å². The first-order valence-electron chi connectivity index (χ1n) is 9.79. The summed E-state index contributed by atoms with van der Waals surface area (Å²) in [6, 6.07) is 44.3. The van der Waals surface area contributed by atoms with E-state index in [9.17, 15) is 0 Å². The minimum atomic E-state index is -1.98. The summed E-state index contributed by atoms with van der Waals surface area (Å²) in [4.78, 5) is 0. The van der Waals surface area contributed by atoms with E-state index in [1.54, 1.807) is 0 Å². The van der Waals surface area contributed by atoms with Gasteiger partial charge < -0.3 is 17.0 Å². The fourth-order valence-corrected chi connectivity index (χ4v) is 9.64. The van der Waals surface area contributed by atoms with Gasteiger partial charge in [0, 0.05) is 0 Å². The number of rotatable bonds is 5. The normalized spacial score (nSPS) is 11.5. The van der Waals surface area contributed by atoms with E-state index in [1.165, 1.54) is 21.5 Å². The Kier molecular flexibility index (Phi) is 6.73. The summed E-state index contributed by atoms with van der Waals surface area (Å²) >= 11 is 0. The molecule has 0 saturated carbocycles. The molecule has 0 fully saturated rings. The summed E-state index contributed by atoms with van der Waals surface area (Å²) in [5, 5.41) is 4.18. The van der Waals surface area contributed by atoms with E-state index in [-0.39, 0.29) is 22.1 Å². The van der Waals surface area contributed by atoms with Gasteiger partial charge in [0.1, 0.15) is 28.3 Å². The summed E-state index contributed by atoms with van der Waals surface area (Å²) in [6.45, 7) is 4.84. The van der Waals surface area contributed by atoms with Gasteiger partial charge in [0.15, 0.2) is 0 Å². The van der Waals surface area contributed by atoms with Gasteiger partial charge in [0.05, 0.1) is 0 Å². The smallest absolute Gasteiger partial charge is 0.121 e. The SMILES string of the molecule is CC(C)(c1ccccc1)[P+](c1ccccc1)(c1ccccc1)c1ccccc1.[Br-]. The second-order valence-electron chi connectivity index (χ2n) is 7.60. The van der Waals surface area contributed by atoms with Gasteiger partial charge in [-0.15, -0.1) is 0 Å². The summed E-state index contributed by atoms with van der Waals surface area (Å²) < 4.78 is 0. The van der Waals surface area contributed by atoms with Crippen molar-refractivity contribution < 1.29 is 17.0 Å². The highest BCUT2D eigenvalue weighted by molar-refractivity contribution is 7.96. The molecule has 4 aromatic rings. The quantitative estimate of drug-likeness (QED) is 0.401. The molecule has 0 nitrogen and oxygen atoms in total. The molecule has 2 heteroatoms. The Hall–Kier alpha value is -2.21. The average Bonchev–Trinajstić information content (AvgIpc) is 2.77. The van der Waals surface area contributed by atoms with Gasteiger partial charge in [-0.3, -0.25) is 0 Å². The van der Waals surface area contributed by atoms with Crippen molar-refractivity contribution in [2.24, 2.45) is 0 Å². The molecule has 0 saturated heterocycles. The maximum atomic E-state index is 2.42. The molecular formula is C27H26BrP. The zero-order valence-electron chi connectivity index (χ0n) is 16.9. The van der Waals surface area contributed by atoms with Crippen molar-refractivity contribution in [3.05, 3.63) is 127 Å². The van der Waals surface area contributed by atoms with E-state index in [0.717, 1.165) is 0 Å². The Morgan fingerprint density at radius 3 is 1.03 bits per heavy atom. The molecule has 0 aliphatic heterocycles. The number of hydrogen-bond acceptors (Lipinski definition) is 0. The van der Waals surface area contributed by atoms with Crippen molar-refractivity contribution in [1.29, 1.82) is 0 Å². The average molecular weight is 461 g/mol. The third-order valence-electron chi connectivity index (χ3n) is 5.75. The number of benzene rings is 4. The minimum Gasteiger partial charge on any atom is -1.00 e. The van der Waals surface area contributed by atoms with Crippen molar-refractivity contribution in [2.45, 2.75) is 19.0 Å². The molecule has 0 unspecified atom stereocenters. The van der Waals surface area contributed by atoms with Crippen molar-refractivity contribution in [2.75, 3.05) is 0 Å². The van der Waals surface area contributed by atoms with E-state index >= 15 is 0 Å². The molecule has 4 rings (SSSR count). The third kappa shape index (κ3) is 3.70. The molecule has 0 N–H and O–H groups in total. The van der Waals surface area contributed by atoms with Gasteiger partial charge >= 0.3 is 0 Å². The monoisotopic (exact) mass is 460 g/mol. The van der Waals surface area contributed by atoms with Crippen LogP contribution >= 0.6 is 7.26 Å². The van der Waals surface area contributed by atoms with Gasteiger partial charge in [-0.25, -0.2) is 0 Å². The van der Waals surface area contributed by atoms with Crippen LogP contribution in [0, 0.1) is 0 Å². The zero-order chi connectivity index (χ0) is 19.5. The second-order valence-corrected chi connectivity index (χ2v) is 11.6. The lowest BCUT2D eigenvalue weighted by molar-refractivity contribution is -0.00000556. The van der Waals surface area contributed by atoms with E-state index < -0.39 is 7.26 Å². The Balaban J connectivity index is 0.00000240. The Morgan fingerprint density at radius 1 is 0.448 bits per heavy atom. The number of hydrogen-bond donors (Lipinski definition) is 0. The molecule has 0 aromatic heterocycles. The summed E-state index contributed by atoms with van der Waals surface area (Å²) in [6.07, 6.45) is 0. The molecule has 0 heterocycles. The van der Waals surface area contributed by atoms with Crippen LogP contribution in [-0.4, -0.2) is 0 Å². The van der Waals surface area contributed by atoms with Crippen LogP contribution in [0.5, 0.6) is 0 Å². The van der Waals surface area contributed by atoms with Crippen LogP contribution in [0.2, 0.25) is 0 Å². The highest BCUT2D eigenvalue weighted by atomic mass is 79.9. The summed E-state index contributed by atoms with van der Waals surface area (Å²) in [5.74, 6) is 0. The predicted octanol–water partition coefficient (Wildman–Crippen LogP) is 2.92. The molecule has 29 heavy (non-hydrogen) atoms. The molecule has 0 radical (unpaired) electrons. The molecule has 0 amide bonds. The lowest BCUT2D eigenvalue weighted by atomic mass is 10.0. The molecule has 0 spiro atoms. The maximum Gasteiger partial charge on any atom is 0.121 e. The van der Waals surface area contributed by atoms with Crippen molar-refractivity contribution in [3.8, 4) is 0 Å². The molecular weight excluding hydrogens is 435 g/mol. The Bertz CT molecular complexity index is 916. The predicted molar refractivity (Wildman–Crippen MR) is 125 cm³/mol. The van der Waals surface area contributed by atoms with Crippen LogP contribution in [-0.2, 0) is 5.16 Å². The lowest BCUT2D eigenvalue weighted by Crippen LogP contribution is -3.00. The number of halogens is 1. The van der Waals surface area contributed by atoms with Gasteiger partial charge in [0.25, 0.3) is 0 Å². The van der Waals surface area contributed by atoms with Crippen LogP contribution in [0.1, 0.15) is 19.4 Å². The standard InChI is InChI=1S/C27H26P.BrH/c1-27(2,23-15-7-3-8-16-23)28(24-17-9-4-10-18-24,25-19-11-5-12-20-25)26-21-13-6-14-22-26;/h3-22H,1-2H3;1H/q+1;/p-1. The van der Waals surface area contributed by atoms with Crippen LogP contribution < -0.4 is 32.9 Å². The van der Waals surface area contributed by atoms with Crippen molar-refractivity contribution in [1.82, 2.24) is 0 Å². The second kappa shape index (κ2) is 9.08.